The zero-order chi connectivity index (χ0) is 18.7. The van der Waals surface area contributed by atoms with Crippen molar-refractivity contribution in [2.75, 3.05) is 12.3 Å². The number of aryl methyl sites for hydroxylation is 3. The number of ketones is 1. The van der Waals surface area contributed by atoms with Crippen LogP contribution >= 0.6 is 0 Å². The van der Waals surface area contributed by atoms with Crippen LogP contribution in [0.3, 0.4) is 0 Å². The molecule has 0 amide bonds. The number of benzene rings is 2. The maximum atomic E-state index is 12.3. The van der Waals surface area contributed by atoms with E-state index in [0.29, 0.717) is 5.56 Å². The van der Waals surface area contributed by atoms with Crippen LogP contribution in [-0.4, -0.2) is 23.3 Å². The van der Waals surface area contributed by atoms with Gasteiger partial charge in [0.05, 0.1) is 10.5 Å². The van der Waals surface area contributed by atoms with E-state index in [0.717, 1.165) is 22.8 Å². The monoisotopic (exact) mass is 342 g/mol. The number of esters is 1. The van der Waals surface area contributed by atoms with Crippen molar-refractivity contribution in [1.82, 2.24) is 0 Å². The van der Waals surface area contributed by atoms with Crippen molar-refractivity contribution in [3.63, 3.8) is 0 Å². The highest BCUT2D eigenvalue weighted by molar-refractivity contribution is 6.00. The second-order valence-electron chi connectivity index (χ2n) is 5.78. The number of nitro benzene ring substituents is 1. The van der Waals surface area contributed by atoms with E-state index in [4.69, 9.17) is 10.5 Å². The van der Waals surface area contributed by atoms with E-state index in [1.165, 1.54) is 12.1 Å². The molecule has 0 saturated heterocycles. The summed E-state index contributed by atoms with van der Waals surface area (Å²) in [5.74, 6) is -1.16. The molecule has 0 radical (unpaired) electrons. The van der Waals surface area contributed by atoms with Gasteiger partial charge in [0, 0.05) is 11.6 Å². The predicted octanol–water partition coefficient (Wildman–Crippen LogP) is 3.14. The lowest BCUT2D eigenvalue weighted by Crippen LogP contribution is -2.16. The Morgan fingerprint density at radius 3 is 2.36 bits per heavy atom. The maximum Gasteiger partial charge on any atom is 0.338 e. The lowest BCUT2D eigenvalue weighted by Gasteiger charge is -2.10. The maximum absolute atomic E-state index is 12.3. The van der Waals surface area contributed by atoms with E-state index in [2.05, 4.69) is 0 Å². The van der Waals surface area contributed by atoms with Gasteiger partial charge in [-0.25, -0.2) is 4.79 Å². The summed E-state index contributed by atoms with van der Waals surface area (Å²) in [5, 5.41) is 10.9. The van der Waals surface area contributed by atoms with Gasteiger partial charge in [0.15, 0.2) is 6.61 Å². The number of carbonyl (C=O) groups excluding carboxylic acids is 2. The molecule has 7 nitrogen and oxygen atoms in total. The molecule has 0 bridgehead atoms. The van der Waals surface area contributed by atoms with Gasteiger partial charge in [-0.15, -0.1) is 0 Å². The van der Waals surface area contributed by atoms with E-state index in [1.807, 2.05) is 26.8 Å². The van der Waals surface area contributed by atoms with Crippen LogP contribution in [0.1, 0.15) is 37.4 Å². The van der Waals surface area contributed by atoms with Gasteiger partial charge in [-0.3, -0.25) is 14.9 Å². The van der Waals surface area contributed by atoms with Gasteiger partial charge in [0.1, 0.15) is 5.69 Å². The number of nitrogens with zero attached hydrogens (tertiary/aromatic N) is 1. The summed E-state index contributed by atoms with van der Waals surface area (Å²) < 4.78 is 4.99. The first-order valence-electron chi connectivity index (χ1n) is 7.52. The summed E-state index contributed by atoms with van der Waals surface area (Å²) in [6.07, 6.45) is 0. The molecule has 2 rings (SSSR count). The number of hydrogen-bond donors (Lipinski definition) is 1. The van der Waals surface area contributed by atoms with Gasteiger partial charge in [0.25, 0.3) is 5.69 Å². The predicted molar refractivity (Wildman–Crippen MR) is 92.8 cm³/mol. The van der Waals surface area contributed by atoms with Crippen molar-refractivity contribution >= 4 is 23.1 Å². The van der Waals surface area contributed by atoms with Crippen LogP contribution in [0.5, 0.6) is 0 Å². The fourth-order valence-corrected chi connectivity index (χ4v) is 2.38. The topological polar surface area (TPSA) is 113 Å². The Morgan fingerprint density at radius 2 is 1.72 bits per heavy atom. The minimum absolute atomic E-state index is 0.0366. The Balaban J connectivity index is 2.12. The highest BCUT2D eigenvalue weighted by atomic mass is 16.6. The quantitative estimate of drug-likeness (QED) is 0.294. The molecule has 0 saturated carbocycles. The van der Waals surface area contributed by atoms with Crippen LogP contribution in [0.4, 0.5) is 11.4 Å². The fourth-order valence-electron chi connectivity index (χ4n) is 2.38. The standard InChI is InChI=1S/C18H18N2O5/c1-10-6-12(3)14(7-11(10)2)17(21)9-25-18(22)13-4-5-15(19)16(8-13)20(23)24/h4-8H,9,19H2,1-3H3. The average Bonchev–Trinajstić information content (AvgIpc) is 2.55. The number of nitrogen functional groups attached to an aromatic ring is 1. The summed E-state index contributed by atoms with van der Waals surface area (Å²) in [7, 11) is 0. The molecular formula is C18H18N2O5. The third-order valence-corrected chi connectivity index (χ3v) is 3.94. The van der Waals surface area contributed by atoms with E-state index < -0.39 is 17.5 Å². The number of nitrogens with two attached hydrogens (primary N) is 1. The minimum Gasteiger partial charge on any atom is -0.454 e. The molecule has 0 atom stereocenters. The van der Waals surface area contributed by atoms with E-state index in [9.17, 15) is 19.7 Å². The Bertz CT molecular complexity index is 874. The molecule has 25 heavy (non-hydrogen) atoms. The van der Waals surface area contributed by atoms with E-state index in [-0.39, 0.29) is 22.7 Å². The highest BCUT2D eigenvalue weighted by Gasteiger charge is 2.18. The largest absolute Gasteiger partial charge is 0.454 e. The van der Waals surface area contributed by atoms with Crippen LogP contribution in [0.25, 0.3) is 0 Å². The molecule has 2 N–H and O–H groups in total. The zero-order valence-electron chi connectivity index (χ0n) is 14.2. The molecular weight excluding hydrogens is 324 g/mol. The van der Waals surface area contributed by atoms with Gasteiger partial charge in [-0.2, -0.15) is 0 Å². The van der Waals surface area contributed by atoms with Gasteiger partial charge in [-0.05, 0) is 55.7 Å². The Morgan fingerprint density at radius 1 is 1.08 bits per heavy atom. The van der Waals surface area contributed by atoms with Gasteiger partial charge < -0.3 is 10.5 Å². The molecule has 0 aliphatic heterocycles. The van der Waals surface area contributed by atoms with Crippen molar-refractivity contribution in [3.8, 4) is 0 Å². The molecule has 0 heterocycles. The number of carbonyl (C=O) groups is 2. The average molecular weight is 342 g/mol. The molecule has 2 aromatic carbocycles. The number of hydrogen-bond acceptors (Lipinski definition) is 6. The van der Waals surface area contributed by atoms with Crippen molar-refractivity contribution in [1.29, 1.82) is 0 Å². The molecule has 0 unspecified atom stereocenters. The van der Waals surface area contributed by atoms with E-state index >= 15 is 0 Å². The highest BCUT2D eigenvalue weighted by Crippen LogP contribution is 2.23. The van der Waals surface area contributed by atoms with Crippen LogP contribution in [0, 0.1) is 30.9 Å². The van der Waals surface area contributed by atoms with Crippen LogP contribution in [0.15, 0.2) is 30.3 Å². The first-order chi connectivity index (χ1) is 11.7. The number of ether oxygens (including phenoxy) is 1. The molecule has 0 aromatic heterocycles. The summed E-state index contributed by atoms with van der Waals surface area (Å²) in [6, 6.07) is 7.26. The van der Waals surface area contributed by atoms with Crippen molar-refractivity contribution in [2.24, 2.45) is 0 Å². The van der Waals surface area contributed by atoms with E-state index in [1.54, 1.807) is 6.07 Å². The van der Waals surface area contributed by atoms with Crippen LogP contribution in [0.2, 0.25) is 0 Å². The Labute approximate surface area is 144 Å². The van der Waals surface area contributed by atoms with Crippen LogP contribution in [-0.2, 0) is 4.74 Å². The minimum atomic E-state index is -0.821. The van der Waals surface area contributed by atoms with Crippen LogP contribution < -0.4 is 5.73 Å². The SMILES string of the molecule is Cc1cc(C)c(C(=O)COC(=O)c2ccc(N)c([N+](=O)[O-])c2)cc1C. The second-order valence-corrected chi connectivity index (χ2v) is 5.78. The van der Waals surface area contributed by atoms with Crippen molar-refractivity contribution in [2.45, 2.75) is 20.8 Å². The summed E-state index contributed by atoms with van der Waals surface area (Å²) >= 11 is 0. The second kappa shape index (κ2) is 7.12. The number of rotatable bonds is 5. The third kappa shape index (κ3) is 4.00. The van der Waals surface area contributed by atoms with Crippen molar-refractivity contribution < 1.29 is 19.2 Å². The summed E-state index contributed by atoms with van der Waals surface area (Å²) in [6.45, 7) is 5.21. The first-order valence-corrected chi connectivity index (χ1v) is 7.52. The number of nitro groups is 1. The lowest BCUT2D eigenvalue weighted by molar-refractivity contribution is -0.383. The van der Waals surface area contributed by atoms with Gasteiger partial charge >= 0.3 is 5.97 Å². The molecule has 0 fully saturated rings. The molecule has 7 heteroatoms. The molecule has 0 spiro atoms. The molecule has 0 aliphatic rings. The molecule has 0 aliphatic carbocycles. The summed E-state index contributed by atoms with van der Waals surface area (Å²) in [4.78, 5) is 34.5. The summed E-state index contributed by atoms with van der Waals surface area (Å²) in [5.41, 5.74) is 8.33. The van der Waals surface area contributed by atoms with Gasteiger partial charge in [0.2, 0.25) is 5.78 Å². The lowest BCUT2D eigenvalue weighted by atomic mass is 9.98. The number of anilines is 1. The van der Waals surface area contributed by atoms with Crippen molar-refractivity contribution in [3.05, 3.63) is 68.3 Å². The Kier molecular flexibility index (Phi) is 5.17. The fraction of sp³-hybridized carbons (Fsp3) is 0.222. The third-order valence-electron chi connectivity index (χ3n) is 3.94. The zero-order valence-corrected chi connectivity index (χ0v) is 14.2. The number of Topliss-reactive ketones (excluding diaryl/α,β-unsaturated/α-hetero) is 1. The first kappa shape index (κ1) is 18.1. The normalized spacial score (nSPS) is 10.4. The van der Waals surface area contributed by atoms with Gasteiger partial charge in [-0.1, -0.05) is 6.07 Å². The Hall–Kier alpha value is -3.22. The smallest absolute Gasteiger partial charge is 0.338 e. The molecule has 130 valence electrons. The molecule has 2 aromatic rings.